The van der Waals surface area contributed by atoms with Crippen molar-refractivity contribution in [3.05, 3.63) is 120 Å². The zero-order chi connectivity index (χ0) is 33.3. The van der Waals surface area contributed by atoms with Crippen LogP contribution < -0.4 is 5.32 Å². The lowest BCUT2D eigenvalue weighted by atomic mass is 9.91. The van der Waals surface area contributed by atoms with E-state index in [1.165, 1.54) is 0 Å². The van der Waals surface area contributed by atoms with Crippen LogP contribution in [0, 0.1) is 5.92 Å². The molecule has 1 N–H and O–H groups in total. The number of aromatic nitrogens is 3. The molecule has 48 heavy (non-hydrogen) atoms. The average molecular weight is 655 g/mol. The van der Waals surface area contributed by atoms with Crippen LogP contribution in [-0.4, -0.2) is 63.4 Å². The molecule has 1 aromatic heterocycles. The second-order valence-electron chi connectivity index (χ2n) is 12.5. The van der Waals surface area contributed by atoms with Crippen LogP contribution in [0.15, 0.2) is 97.2 Å². The van der Waals surface area contributed by atoms with Crippen LogP contribution in [0.5, 0.6) is 0 Å². The summed E-state index contributed by atoms with van der Waals surface area (Å²) in [7, 11) is 0. The second kappa shape index (κ2) is 16.1. The first-order chi connectivity index (χ1) is 23.4. The Labute approximate surface area is 280 Å². The molecule has 0 spiro atoms. The third kappa shape index (κ3) is 8.73. The quantitative estimate of drug-likeness (QED) is 0.248. The number of esters is 1. The van der Waals surface area contributed by atoms with E-state index in [2.05, 4.69) is 15.6 Å². The molecule has 4 bridgehead atoms. The number of ether oxygens (including phenoxy) is 5. The smallest absolute Gasteiger partial charge is 0.329 e. The minimum atomic E-state index is -0.856. The van der Waals surface area contributed by atoms with E-state index >= 15 is 0 Å². The minimum Gasteiger partial charge on any atom is -0.458 e. The number of rotatable bonds is 10. The van der Waals surface area contributed by atoms with Crippen molar-refractivity contribution in [2.75, 3.05) is 0 Å². The number of nitrogens with zero attached hydrogens (tertiary/aromatic N) is 3. The maximum atomic E-state index is 13.7. The lowest BCUT2D eigenvalue weighted by Gasteiger charge is -2.46. The van der Waals surface area contributed by atoms with Crippen LogP contribution in [0.1, 0.15) is 42.7 Å². The Morgan fingerprint density at radius 2 is 1.29 bits per heavy atom. The summed E-state index contributed by atoms with van der Waals surface area (Å²) in [5.41, 5.74) is 3.42. The first-order valence-corrected chi connectivity index (χ1v) is 16.4. The summed E-state index contributed by atoms with van der Waals surface area (Å²) in [6, 6.07) is 28.8. The predicted octanol–water partition coefficient (Wildman–Crippen LogP) is 4.39. The van der Waals surface area contributed by atoms with Crippen molar-refractivity contribution in [3.63, 3.8) is 0 Å². The molecule has 6 atom stereocenters. The van der Waals surface area contributed by atoms with E-state index in [1.54, 1.807) is 10.9 Å². The molecule has 11 heteroatoms. The summed E-state index contributed by atoms with van der Waals surface area (Å²) in [6.45, 7) is 4.76. The molecule has 1 amide bonds. The molecule has 252 valence electrons. The number of nitrogens with one attached hydrogen (secondary N) is 1. The number of cyclic esters (lactones) is 1. The van der Waals surface area contributed by atoms with Gasteiger partial charge in [-0.15, -0.1) is 5.10 Å². The Morgan fingerprint density at radius 3 is 1.83 bits per heavy atom. The number of carbonyl (C=O) groups is 2. The topological polar surface area (TPSA) is 123 Å². The summed E-state index contributed by atoms with van der Waals surface area (Å²) in [5.74, 6) is -1.11. The van der Waals surface area contributed by atoms with Crippen LogP contribution >= 0.6 is 0 Å². The Hall–Kier alpha value is -4.42. The molecular formula is C37H42N4O7. The van der Waals surface area contributed by atoms with E-state index in [1.807, 2.05) is 105 Å². The van der Waals surface area contributed by atoms with E-state index in [0.717, 1.165) is 16.7 Å². The van der Waals surface area contributed by atoms with Crippen LogP contribution in [0.25, 0.3) is 0 Å². The molecule has 1 fully saturated rings. The lowest BCUT2D eigenvalue weighted by Crippen LogP contribution is -2.62. The van der Waals surface area contributed by atoms with Crippen molar-refractivity contribution in [3.8, 4) is 0 Å². The summed E-state index contributed by atoms with van der Waals surface area (Å²) in [5, 5.41) is 11.4. The largest absolute Gasteiger partial charge is 0.458 e. The zero-order valence-corrected chi connectivity index (χ0v) is 27.2. The van der Waals surface area contributed by atoms with Gasteiger partial charge in [0.25, 0.3) is 0 Å². The van der Waals surface area contributed by atoms with Crippen LogP contribution in [0.3, 0.4) is 0 Å². The minimum absolute atomic E-state index is 0.0712. The molecule has 2 aliphatic rings. The van der Waals surface area contributed by atoms with Gasteiger partial charge in [0.1, 0.15) is 42.8 Å². The van der Waals surface area contributed by atoms with E-state index in [4.69, 9.17) is 23.7 Å². The molecule has 3 aromatic carbocycles. The predicted molar refractivity (Wildman–Crippen MR) is 175 cm³/mol. The average Bonchev–Trinajstić information content (AvgIpc) is 3.55. The maximum absolute atomic E-state index is 13.7. The van der Waals surface area contributed by atoms with Gasteiger partial charge in [-0.2, -0.15) is 0 Å². The fourth-order valence-corrected chi connectivity index (χ4v) is 6.02. The van der Waals surface area contributed by atoms with Crippen molar-refractivity contribution in [1.29, 1.82) is 0 Å². The van der Waals surface area contributed by atoms with Crippen molar-refractivity contribution in [2.24, 2.45) is 5.92 Å². The van der Waals surface area contributed by atoms with E-state index in [0.29, 0.717) is 18.9 Å². The zero-order valence-electron chi connectivity index (χ0n) is 27.2. The van der Waals surface area contributed by atoms with E-state index < -0.39 is 42.5 Å². The molecule has 11 nitrogen and oxygen atoms in total. The molecule has 2 aliphatic heterocycles. The lowest BCUT2D eigenvalue weighted by molar-refractivity contribution is -0.267. The van der Waals surface area contributed by atoms with Gasteiger partial charge in [0.15, 0.2) is 0 Å². The van der Waals surface area contributed by atoms with Gasteiger partial charge in [-0.3, -0.25) is 4.79 Å². The van der Waals surface area contributed by atoms with Gasteiger partial charge in [-0.05, 0) is 22.6 Å². The Balaban J connectivity index is 1.38. The van der Waals surface area contributed by atoms with Gasteiger partial charge in [-0.1, -0.05) is 110 Å². The normalized spacial score (nSPS) is 24.8. The summed E-state index contributed by atoms with van der Waals surface area (Å²) < 4.78 is 34.0. The van der Waals surface area contributed by atoms with Gasteiger partial charge in [0.05, 0.1) is 45.1 Å². The molecule has 0 aliphatic carbocycles. The second-order valence-corrected chi connectivity index (χ2v) is 12.5. The highest BCUT2D eigenvalue weighted by atomic mass is 16.6. The van der Waals surface area contributed by atoms with Crippen LogP contribution in [-0.2, 0) is 66.2 Å². The molecule has 6 rings (SSSR count). The molecule has 0 saturated carbocycles. The van der Waals surface area contributed by atoms with Crippen molar-refractivity contribution < 1.29 is 33.3 Å². The highest BCUT2D eigenvalue weighted by Crippen LogP contribution is 2.33. The molecule has 0 radical (unpaired) electrons. The standard InChI is InChI=1S/C37H42N4O7/c1-25(2)33-37(43)47-24-29-19-41(40-39-29)20-31-35(45-22-27-14-8-4-9-15-27)36(46-23-28-16-10-5-11-17-28)34(30(48-31)18-32(42)38-33)44-21-26-12-6-3-7-13-26/h3-17,19,25,30-31,33-36H,18,20-24H2,1-2H3,(H,38,42)/t30-,31-,33+,34+,35-,36-/m1/s1. The number of amides is 1. The third-order valence-corrected chi connectivity index (χ3v) is 8.52. The molecule has 3 heterocycles. The van der Waals surface area contributed by atoms with Gasteiger partial charge in [0.2, 0.25) is 5.91 Å². The van der Waals surface area contributed by atoms with Gasteiger partial charge in [0, 0.05) is 0 Å². The SMILES string of the molecule is CC(C)[C@@H]1NC(=O)C[C@H]2O[C@H](Cn3cc(nn3)COC1=O)[C@@H](OCc1ccccc1)[C@H](OCc1ccccc1)[C@H]2OCc1ccccc1. The fraction of sp³-hybridized carbons (Fsp3) is 0.405. The number of hydrogen-bond donors (Lipinski definition) is 1. The Bertz CT molecular complexity index is 1600. The van der Waals surface area contributed by atoms with Crippen LogP contribution in [0.4, 0.5) is 0 Å². The number of benzene rings is 3. The van der Waals surface area contributed by atoms with Gasteiger partial charge >= 0.3 is 5.97 Å². The van der Waals surface area contributed by atoms with E-state index in [9.17, 15) is 9.59 Å². The van der Waals surface area contributed by atoms with Crippen molar-refractivity contribution >= 4 is 11.9 Å². The fourth-order valence-electron chi connectivity index (χ4n) is 6.02. The number of fused-ring (bicyclic) bond motifs is 4. The summed E-state index contributed by atoms with van der Waals surface area (Å²) >= 11 is 0. The highest BCUT2D eigenvalue weighted by Gasteiger charge is 2.49. The van der Waals surface area contributed by atoms with Crippen molar-refractivity contribution in [2.45, 2.75) is 89.8 Å². The number of carbonyl (C=O) groups excluding carboxylic acids is 2. The Morgan fingerprint density at radius 1 is 0.771 bits per heavy atom. The highest BCUT2D eigenvalue weighted by molar-refractivity contribution is 5.85. The molecular weight excluding hydrogens is 612 g/mol. The summed E-state index contributed by atoms with van der Waals surface area (Å²) in [6.07, 6.45) is -1.65. The molecule has 1 saturated heterocycles. The van der Waals surface area contributed by atoms with Crippen molar-refractivity contribution in [1.82, 2.24) is 20.3 Å². The first-order valence-electron chi connectivity index (χ1n) is 16.4. The molecule has 0 unspecified atom stereocenters. The first kappa shape index (κ1) is 33.5. The molecule has 4 aromatic rings. The monoisotopic (exact) mass is 654 g/mol. The maximum Gasteiger partial charge on any atom is 0.329 e. The summed E-state index contributed by atoms with van der Waals surface area (Å²) in [4.78, 5) is 26.7. The van der Waals surface area contributed by atoms with Crippen LogP contribution in [0.2, 0.25) is 0 Å². The van der Waals surface area contributed by atoms with E-state index in [-0.39, 0.29) is 38.0 Å². The third-order valence-electron chi connectivity index (χ3n) is 8.52. The Kier molecular flexibility index (Phi) is 11.2. The number of hydrogen-bond acceptors (Lipinski definition) is 9. The van der Waals surface area contributed by atoms with Gasteiger partial charge in [-0.25, -0.2) is 9.48 Å². The van der Waals surface area contributed by atoms with Gasteiger partial charge < -0.3 is 29.0 Å².